The van der Waals surface area contributed by atoms with Gasteiger partial charge in [-0.3, -0.25) is 4.79 Å². The van der Waals surface area contributed by atoms with Crippen LogP contribution in [-0.4, -0.2) is 20.7 Å². The van der Waals surface area contributed by atoms with Gasteiger partial charge < -0.3 is 15.0 Å². The average Bonchev–Trinajstić information content (AvgIpc) is 3.10. The van der Waals surface area contributed by atoms with Gasteiger partial charge in [0, 0.05) is 11.6 Å². The van der Waals surface area contributed by atoms with E-state index in [2.05, 4.69) is 10.2 Å². The number of rotatable bonds is 6. The zero-order valence-electron chi connectivity index (χ0n) is 16.9. The molecule has 0 aliphatic carbocycles. The second-order valence-corrected chi connectivity index (χ2v) is 7.96. The number of halogens is 3. The molecule has 1 amide bonds. The van der Waals surface area contributed by atoms with E-state index in [4.69, 9.17) is 22.1 Å². The van der Waals surface area contributed by atoms with Gasteiger partial charge >= 0.3 is 0 Å². The van der Waals surface area contributed by atoms with E-state index < -0.39 is 23.1 Å². The van der Waals surface area contributed by atoms with E-state index >= 15 is 0 Å². The molecule has 30 heavy (non-hydrogen) atoms. The van der Waals surface area contributed by atoms with Crippen LogP contribution in [0.25, 0.3) is 11.4 Å². The maximum absolute atomic E-state index is 14.7. The maximum atomic E-state index is 14.7. The van der Waals surface area contributed by atoms with Crippen LogP contribution in [0.4, 0.5) is 8.78 Å². The molecule has 1 heterocycles. The van der Waals surface area contributed by atoms with Gasteiger partial charge in [0.15, 0.2) is 17.2 Å². The molecule has 0 spiro atoms. The third-order valence-electron chi connectivity index (χ3n) is 4.50. The Morgan fingerprint density at radius 2 is 1.87 bits per heavy atom. The Labute approximate surface area is 177 Å². The van der Waals surface area contributed by atoms with Gasteiger partial charge in [-0.15, -0.1) is 10.2 Å². The van der Waals surface area contributed by atoms with Crippen LogP contribution in [0.2, 0.25) is 5.02 Å². The summed E-state index contributed by atoms with van der Waals surface area (Å²) in [5, 5.41) is 8.53. The summed E-state index contributed by atoms with van der Waals surface area (Å²) in [4.78, 5) is 11.3. The summed E-state index contributed by atoms with van der Waals surface area (Å²) < 4.78 is 35.8. The van der Waals surface area contributed by atoms with Gasteiger partial charge in [-0.25, -0.2) is 8.78 Å². The minimum absolute atomic E-state index is 0.0571. The molecule has 2 N–H and O–H groups in total. The van der Waals surface area contributed by atoms with Crippen LogP contribution in [0, 0.1) is 11.6 Å². The summed E-state index contributed by atoms with van der Waals surface area (Å²) in [6.07, 6.45) is 0. The highest BCUT2D eigenvalue weighted by molar-refractivity contribution is 6.32. The van der Waals surface area contributed by atoms with Gasteiger partial charge in [-0.05, 0) is 64.1 Å². The highest BCUT2D eigenvalue weighted by Gasteiger charge is 2.33. The van der Waals surface area contributed by atoms with E-state index in [1.54, 1.807) is 18.4 Å². The molecule has 6 nitrogen and oxygen atoms in total. The third kappa shape index (κ3) is 4.14. The van der Waals surface area contributed by atoms with Gasteiger partial charge in [0.2, 0.25) is 5.91 Å². The number of nitrogens with zero attached hydrogens (tertiary/aromatic N) is 3. The lowest BCUT2D eigenvalue weighted by molar-refractivity contribution is 0.0925. The predicted octanol–water partition coefficient (Wildman–Crippen LogP) is 4.87. The summed E-state index contributed by atoms with van der Waals surface area (Å²) in [6, 6.07) is 7.61. The van der Waals surface area contributed by atoms with Gasteiger partial charge in [0.05, 0.1) is 10.6 Å². The number of hydrogen-bond acceptors (Lipinski definition) is 4. The van der Waals surface area contributed by atoms with E-state index in [1.165, 1.54) is 24.3 Å². The van der Waals surface area contributed by atoms with Crippen molar-refractivity contribution in [3.63, 3.8) is 0 Å². The standard InChI is InChI=1S/C21H21ClF2N4O2/c1-11(2)28-19(14-7-5-12(18(25)29)9-16(14)24)26-27-20(28)21(3,4)30-17-8-6-13(23)10-15(17)22/h5-11H,1-4H3,(H2,25,29). The molecule has 0 fully saturated rings. The zero-order chi connectivity index (χ0) is 22.2. The second kappa shape index (κ2) is 8.02. The number of carbonyl (C=O) groups excluding carboxylic acids is 1. The summed E-state index contributed by atoms with van der Waals surface area (Å²) in [6.45, 7) is 7.30. The minimum Gasteiger partial charge on any atom is -0.478 e. The number of benzene rings is 2. The molecule has 0 aliphatic rings. The number of ether oxygens (including phenoxy) is 1. The number of aromatic nitrogens is 3. The molecule has 3 aromatic rings. The summed E-state index contributed by atoms with van der Waals surface area (Å²) in [5.41, 5.74) is 4.42. The fourth-order valence-corrected chi connectivity index (χ4v) is 3.31. The Kier molecular flexibility index (Phi) is 5.81. The van der Waals surface area contributed by atoms with Crippen molar-refractivity contribution in [2.75, 3.05) is 0 Å². The fraction of sp³-hybridized carbons (Fsp3) is 0.286. The largest absolute Gasteiger partial charge is 0.478 e. The molecule has 0 saturated carbocycles. The van der Waals surface area contributed by atoms with Crippen LogP contribution in [-0.2, 0) is 5.60 Å². The highest BCUT2D eigenvalue weighted by Crippen LogP contribution is 2.35. The van der Waals surface area contributed by atoms with Crippen LogP contribution >= 0.6 is 11.6 Å². The van der Waals surface area contributed by atoms with Crippen LogP contribution in [0.1, 0.15) is 49.9 Å². The molecule has 0 atom stereocenters. The molecule has 9 heteroatoms. The normalized spacial score (nSPS) is 11.7. The Morgan fingerprint density at radius 3 is 2.43 bits per heavy atom. The summed E-state index contributed by atoms with van der Waals surface area (Å²) in [5.74, 6) is -0.876. The van der Waals surface area contributed by atoms with E-state index in [-0.39, 0.29) is 33.8 Å². The molecular weight excluding hydrogens is 414 g/mol. The molecule has 158 valence electrons. The van der Waals surface area contributed by atoms with E-state index in [0.717, 1.165) is 12.1 Å². The molecule has 0 unspecified atom stereocenters. The number of hydrogen-bond donors (Lipinski definition) is 1. The van der Waals surface area contributed by atoms with E-state index in [0.29, 0.717) is 5.82 Å². The quantitative estimate of drug-likeness (QED) is 0.600. The number of nitrogens with two attached hydrogens (primary N) is 1. The third-order valence-corrected chi connectivity index (χ3v) is 4.80. The van der Waals surface area contributed by atoms with Gasteiger partial charge in [-0.1, -0.05) is 11.6 Å². The Morgan fingerprint density at radius 1 is 1.17 bits per heavy atom. The predicted molar refractivity (Wildman–Crippen MR) is 109 cm³/mol. The lowest BCUT2D eigenvalue weighted by Gasteiger charge is -2.28. The first-order chi connectivity index (χ1) is 14.0. The average molecular weight is 435 g/mol. The molecule has 0 bridgehead atoms. The van der Waals surface area contributed by atoms with Crippen LogP contribution in [0.3, 0.4) is 0 Å². The van der Waals surface area contributed by atoms with Crippen molar-refractivity contribution in [3.8, 4) is 17.1 Å². The zero-order valence-corrected chi connectivity index (χ0v) is 17.7. The van der Waals surface area contributed by atoms with Crippen molar-refractivity contribution in [1.82, 2.24) is 14.8 Å². The smallest absolute Gasteiger partial charge is 0.248 e. The summed E-state index contributed by atoms with van der Waals surface area (Å²) in [7, 11) is 0. The fourth-order valence-electron chi connectivity index (χ4n) is 3.10. The Hall–Kier alpha value is -3.00. The van der Waals surface area contributed by atoms with Gasteiger partial charge in [-0.2, -0.15) is 0 Å². The van der Waals surface area contributed by atoms with Crippen LogP contribution in [0.5, 0.6) is 5.75 Å². The van der Waals surface area contributed by atoms with Crippen molar-refractivity contribution >= 4 is 17.5 Å². The molecule has 2 aromatic carbocycles. The topological polar surface area (TPSA) is 83.0 Å². The van der Waals surface area contributed by atoms with Crippen molar-refractivity contribution in [1.29, 1.82) is 0 Å². The Balaban J connectivity index is 2.07. The van der Waals surface area contributed by atoms with Gasteiger partial charge in [0.1, 0.15) is 17.4 Å². The Bertz CT molecular complexity index is 1110. The van der Waals surface area contributed by atoms with E-state index in [9.17, 15) is 13.6 Å². The monoisotopic (exact) mass is 434 g/mol. The maximum Gasteiger partial charge on any atom is 0.248 e. The molecule has 3 rings (SSSR count). The molecular formula is C21H21ClF2N4O2. The number of primary amides is 1. The van der Waals surface area contributed by atoms with Crippen molar-refractivity contribution in [2.24, 2.45) is 5.73 Å². The van der Waals surface area contributed by atoms with Crippen LogP contribution < -0.4 is 10.5 Å². The number of carbonyl (C=O) groups is 1. The lowest BCUT2D eigenvalue weighted by atomic mass is 10.1. The minimum atomic E-state index is -1.03. The van der Waals surface area contributed by atoms with Gasteiger partial charge in [0.25, 0.3) is 0 Å². The van der Waals surface area contributed by atoms with Crippen molar-refractivity contribution in [3.05, 3.63) is 64.4 Å². The lowest BCUT2D eigenvalue weighted by Crippen LogP contribution is -2.30. The first-order valence-electron chi connectivity index (χ1n) is 9.20. The first kappa shape index (κ1) is 21.7. The first-order valence-corrected chi connectivity index (χ1v) is 9.58. The molecule has 1 aromatic heterocycles. The van der Waals surface area contributed by atoms with E-state index in [1.807, 2.05) is 13.8 Å². The molecule has 0 radical (unpaired) electrons. The number of amides is 1. The second-order valence-electron chi connectivity index (χ2n) is 7.56. The van der Waals surface area contributed by atoms with Crippen molar-refractivity contribution in [2.45, 2.75) is 39.3 Å². The van der Waals surface area contributed by atoms with Crippen molar-refractivity contribution < 1.29 is 18.3 Å². The SMILES string of the molecule is CC(C)n1c(-c2ccc(C(N)=O)cc2F)nnc1C(C)(C)Oc1ccc(F)cc1Cl. The summed E-state index contributed by atoms with van der Waals surface area (Å²) >= 11 is 6.09. The highest BCUT2D eigenvalue weighted by atomic mass is 35.5. The molecule has 0 saturated heterocycles. The van der Waals surface area contributed by atoms with Crippen LogP contribution in [0.15, 0.2) is 36.4 Å². The molecule has 0 aliphatic heterocycles.